The number of nitrogens with zero attached hydrogens (tertiary/aromatic N) is 2. The predicted molar refractivity (Wildman–Crippen MR) is 75.2 cm³/mol. The van der Waals surface area contributed by atoms with Crippen LogP contribution in [0.1, 0.15) is 51.7 Å². The molecule has 0 aliphatic carbocycles. The first-order valence-electron chi connectivity index (χ1n) is 6.16. The van der Waals surface area contributed by atoms with Gasteiger partial charge >= 0.3 is 0 Å². The van der Waals surface area contributed by atoms with Gasteiger partial charge in [-0.05, 0) is 13.8 Å². The first-order chi connectivity index (χ1) is 8.28. The van der Waals surface area contributed by atoms with Gasteiger partial charge in [-0.3, -0.25) is 4.79 Å². The van der Waals surface area contributed by atoms with E-state index in [0.717, 1.165) is 0 Å². The van der Waals surface area contributed by atoms with Gasteiger partial charge in [0.15, 0.2) is 5.82 Å². The van der Waals surface area contributed by atoms with E-state index in [9.17, 15) is 4.79 Å². The van der Waals surface area contributed by atoms with Gasteiger partial charge in [-0.1, -0.05) is 19.0 Å². The Balaban J connectivity index is 0.00000324. The third-order valence-corrected chi connectivity index (χ3v) is 2.31. The van der Waals surface area contributed by atoms with Crippen molar-refractivity contribution in [2.24, 2.45) is 5.73 Å². The molecule has 0 aromatic carbocycles. The van der Waals surface area contributed by atoms with E-state index in [0.29, 0.717) is 31.1 Å². The molecule has 0 bridgehead atoms. The van der Waals surface area contributed by atoms with E-state index in [1.54, 1.807) is 0 Å². The molecule has 7 heteroatoms. The van der Waals surface area contributed by atoms with Crippen LogP contribution in [0.3, 0.4) is 0 Å². The fraction of sp³-hybridized carbons (Fsp3) is 0.750. The topological polar surface area (TPSA) is 94.0 Å². The SMILES string of the molecule is CC(C)c1noc(CCC(=O)NCC(C)(C)N)n1.Cl. The molecule has 0 radical (unpaired) electrons. The number of nitrogens with two attached hydrogens (primary N) is 1. The second kappa shape index (κ2) is 7.45. The molecule has 1 aromatic heterocycles. The number of aromatic nitrogens is 2. The van der Waals surface area contributed by atoms with Crippen LogP contribution in [-0.2, 0) is 11.2 Å². The summed E-state index contributed by atoms with van der Waals surface area (Å²) < 4.78 is 5.06. The Hall–Kier alpha value is -1.14. The normalized spacial score (nSPS) is 11.3. The molecule has 3 N–H and O–H groups in total. The molecular weight excluding hydrogens is 268 g/mol. The van der Waals surface area contributed by atoms with Gasteiger partial charge in [0, 0.05) is 30.8 Å². The molecule has 0 aliphatic heterocycles. The molecule has 0 unspecified atom stereocenters. The van der Waals surface area contributed by atoms with E-state index < -0.39 is 5.54 Å². The van der Waals surface area contributed by atoms with E-state index in [-0.39, 0.29) is 24.2 Å². The smallest absolute Gasteiger partial charge is 0.227 e. The van der Waals surface area contributed by atoms with Gasteiger partial charge in [-0.25, -0.2) is 0 Å². The number of halogens is 1. The van der Waals surface area contributed by atoms with Crippen molar-refractivity contribution in [3.63, 3.8) is 0 Å². The van der Waals surface area contributed by atoms with Crippen LogP contribution in [0.15, 0.2) is 4.52 Å². The van der Waals surface area contributed by atoms with Crippen molar-refractivity contribution < 1.29 is 9.32 Å². The van der Waals surface area contributed by atoms with Gasteiger partial charge in [-0.2, -0.15) is 4.98 Å². The Labute approximate surface area is 119 Å². The van der Waals surface area contributed by atoms with Crippen LogP contribution in [0.2, 0.25) is 0 Å². The lowest BCUT2D eigenvalue weighted by Gasteiger charge is -2.18. The summed E-state index contributed by atoms with van der Waals surface area (Å²) in [5, 5.41) is 6.61. The zero-order valence-electron chi connectivity index (χ0n) is 11.9. The van der Waals surface area contributed by atoms with Crippen LogP contribution < -0.4 is 11.1 Å². The summed E-state index contributed by atoms with van der Waals surface area (Å²) in [6.45, 7) is 8.16. The molecule has 1 rings (SSSR count). The average Bonchev–Trinajstić information content (AvgIpc) is 2.71. The minimum atomic E-state index is -0.398. The van der Waals surface area contributed by atoms with Crippen molar-refractivity contribution in [3.05, 3.63) is 11.7 Å². The highest BCUT2D eigenvalue weighted by molar-refractivity contribution is 5.85. The fourth-order valence-electron chi connectivity index (χ4n) is 1.24. The Morgan fingerprint density at radius 3 is 2.58 bits per heavy atom. The molecule has 0 spiro atoms. The van der Waals surface area contributed by atoms with Crippen molar-refractivity contribution in [3.8, 4) is 0 Å². The number of rotatable bonds is 6. The third kappa shape index (κ3) is 7.12. The summed E-state index contributed by atoms with van der Waals surface area (Å²) in [5.41, 5.74) is 5.37. The van der Waals surface area contributed by atoms with E-state index in [1.807, 2.05) is 27.7 Å². The highest BCUT2D eigenvalue weighted by Crippen LogP contribution is 2.10. The molecule has 110 valence electrons. The first kappa shape index (κ1) is 17.9. The zero-order chi connectivity index (χ0) is 13.8. The van der Waals surface area contributed by atoms with Crippen LogP contribution in [0.5, 0.6) is 0 Å². The lowest BCUT2D eigenvalue weighted by atomic mass is 10.1. The van der Waals surface area contributed by atoms with Crippen molar-refractivity contribution in [1.82, 2.24) is 15.5 Å². The van der Waals surface area contributed by atoms with E-state index in [1.165, 1.54) is 0 Å². The van der Waals surface area contributed by atoms with Gasteiger partial charge in [0.2, 0.25) is 11.8 Å². The maximum atomic E-state index is 11.5. The monoisotopic (exact) mass is 290 g/mol. The molecule has 1 heterocycles. The third-order valence-electron chi connectivity index (χ3n) is 2.31. The van der Waals surface area contributed by atoms with Crippen LogP contribution in [0.25, 0.3) is 0 Å². The molecular formula is C12H23ClN4O2. The molecule has 0 saturated heterocycles. The van der Waals surface area contributed by atoms with Crippen LogP contribution in [0.4, 0.5) is 0 Å². The summed E-state index contributed by atoms with van der Waals surface area (Å²) >= 11 is 0. The molecule has 6 nitrogen and oxygen atoms in total. The Morgan fingerprint density at radius 2 is 2.11 bits per heavy atom. The van der Waals surface area contributed by atoms with Crippen LogP contribution in [0, 0.1) is 0 Å². The lowest BCUT2D eigenvalue weighted by molar-refractivity contribution is -0.121. The summed E-state index contributed by atoms with van der Waals surface area (Å²) in [4.78, 5) is 15.8. The van der Waals surface area contributed by atoms with Gasteiger partial charge < -0.3 is 15.6 Å². The Morgan fingerprint density at radius 1 is 1.47 bits per heavy atom. The largest absolute Gasteiger partial charge is 0.354 e. The highest BCUT2D eigenvalue weighted by atomic mass is 35.5. The lowest BCUT2D eigenvalue weighted by Crippen LogP contribution is -2.45. The molecule has 0 atom stereocenters. The average molecular weight is 291 g/mol. The highest BCUT2D eigenvalue weighted by Gasteiger charge is 2.14. The minimum absolute atomic E-state index is 0. The van der Waals surface area contributed by atoms with Crippen molar-refractivity contribution in [2.45, 2.75) is 52.0 Å². The quantitative estimate of drug-likeness (QED) is 0.826. The number of aryl methyl sites for hydroxylation is 1. The van der Waals surface area contributed by atoms with Gasteiger partial charge in [0.1, 0.15) is 0 Å². The number of nitrogens with one attached hydrogen (secondary N) is 1. The molecule has 0 aliphatic rings. The molecule has 0 fully saturated rings. The minimum Gasteiger partial charge on any atom is -0.354 e. The van der Waals surface area contributed by atoms with Gasteiger partial charge in [0.05, 0.1) is 0 Å². The molecule has 1 amide bonds. The predicted octanol–water partition coefficient (Wildman–Crippen LogP) is 1.40. The van der Waals surface area contributed by atoms with Crippen molar-refractivity contribution in [1.29, 1.82) is 0 Å². The van der Waals surface area contributed by atoms with Crippen molar-refractivity contribution >= 4 is 18.3 Å². The maximum absolute atomic E-state index is 11.5. The number of amides is 1. The fourth-order valence-corrected chi connectivity index (χ4v) is 1.24. The van der Waals surface area contributed by atoms with Crippen molar-refractivity contribution in [2.75, 3.05) is 6.54 Å². The number of carbonyl (C=O) groups is 1. The summed E-state index contributed by atoms with van der Waals surface area (Å²) in [7, 11) is 0. The summed E-state index contributed by atoms with van der Waals surface area (Å²) in [6, 6.07) is 0. The second-order valence-electron chi connectivity index (χ2n) is 5.47. The summed E-state index contributed by atoms with van der Waals surface area (Å²) in [6.07, 6.45) is 0.784. The standard InChI is InChI=1S/C12H22N4O2.ClH/c1-8(2)11-15-10(18-16-11)6-5-9(17)14-7-12(3,4)13;/h8H,5-7,13H2,1-4H3,(H,14,17);1H. The zero-order valence-corrected chi connectivity index (χ0v) is 12.7. The van der Waals surface area contributed by atoms with E-state index >= 15 is 0 Å². The molecule has 19 heavy (non-hydrogen) atoms. The van der Waals surface area contributed by atoms with E-state index in [2.05, 4.69) is 15.5 Å². The number of carbonyl (C=O) groups excluding carboxylic acids is 1. The van der Waals surface area contributed by atoms with Crippen LogP contribution >= 0.6 is 12.4 Å². The van der Waals surface area contributed by atoms with E-state index in [4.69, 9.17) is 10.3 Å². The second-order valence-corrected chi connectivity index (χ2v) is 5.47. The van der Waals surface area contributed by atoms with Gasteiger partial charge in [0.25, 0.3) is 0 Å². The number of hydrogen-bond acceptors (Lipinski definition) is 5. The molecule has 0 saturated carbocycles. The first-order valence-corrected chi connectivity index (χ1v) is 6.16. The Kier molecular flexibility index (Phi) is 7.00. The molecule has 1 aromatic rings. The maximum Gasteiger partial charge on any atom is 0.227 e. The van der Waals surface area contributed by atoms with Crippen LogP contribution in [-0.4, -0.2) is 28.1 Å². The summed E-state index contributed by atoms with van der Waals surface area (Å²) in [5.74, 6) is 1.35. The Bertz CT molecular complexity index is 399. The van der Waals surface area contributed by atoms with Gasteiger partial charge in [-0.15, -0.1) is 12.4 Å². The number of hydrogen-bond donors (Lipinski definition) is 2.